The maximum Gasteiger partial charge on any atom is 0.409 e. The number of carbonyl (C=O) groups is 1. The van der Waals surface area contributed by atoms with E-state index in [1.54, 1.807) is 6.26 Å². The Bertz CT molecular complexity index is 402. The molecule has 0 saturated carbocycles. The second kappa shape index (κ2) is 3.15. The summed E-state index contributed by atoms with van der Waals surface area (Å²) in [5.41, 5.74) is 1.47. The maximum atomic E-state index is 10.7. The fraction of sp³-hybridized carbons (Fsp3) is 0.364. The Balaban J connectivity index is 2.41. The molecule has 2 aliphatic rings. The molecule has 0 atom stereocenters. The van der Waals surface area contributed by atoms with Crippen molar-refractivity contribution in [2.45, 2.75) is 20.3 Å². The van der Waals surface area contributed by atoms with Crippen LogP contribution in [0.5, 0.6) is 0 Å². The maximum absolute atomic E-state index is 10.7. The van der Waals surface area contributed by atoms with E-state index in [9.17, 15) is 4.79 Å². The summed E-state index contributed by atoms with van der Waals surface area (Å²) >= 11 is 0. The van der Waals surface area contributed by atoms with Gasteiger partial charge in [0.15, 0.2) is 0 Å². The van der Waals surface area contributed by atoms with Gasteiger partial charge in [-0.1, -0.05) is 19.9 Å². The fourth-order valence-corrected chi connectivity index (χ4v) is 1.98. The van der Waals surface area contributed by atoms with Crippen LogP contribution in [0.4, 0.5) is 4.79 Å². The molecule has 1 heterocycles. The Kier molecular flexibility index (Phi) is 2.07. The lowest BCUT2D eigenvalue weighted by Crippen LogP contribution is -2.28. The van der Waals surface area contributed by atoms with Gasteiger partial charge in [-0.15, -0.1) is 0 Å². The number of allylic oxidation sites excluding steroid dienone is 4. The molecule has 0 aromatic carbocycles. The predicted molar refractivity (Wildman–Crippen MR) is 54.9 cm³/mol. The van der Waals surface area contributed by atoms with Crippen molar-refractivity contribution in [3.63, 3.8) is 0 Å². The molecule has 0 spiro atoms. The van der Waals surface area contributed by atoms with Crippen molar-refractivity contribution in [2.75, 3.05) is 0 Å². The average Bonchev–Trinajstić information content (AvgIpc) is 2.37. The van der Waals surface area contributed by atoms with Crippen molar-refractivity contribution in [3.8, 4) is 0 Å². The molecule has 0 aromatic heterocycles. The van der Waals surface area contributed by atoms with Crippen LogP contribution in [0.25, 0.3) is 0 Å². The minimum atomic E-state index is -1.05. The van der Waals surface area contributed by atoms with Gasteiger partial charge in [0.25, 0.3) is 0 Å². The Morgan fingerprint density at radius 3 is 3.00 bits per heavy atom. The zero-order chi connectivity index (χ0) is 11.1. The molecule has 0 aromatic rings. The molecule has 1 aliphatic carbocycles. The number of fused-ring (bicyclic) bond motifs is 1. The van der Waals surface area contributed by atoms with Gasteiger partial charge in [0.2, 0.25) is 0 Å². The van der Waals surface area contributed by atoms with Gasteiger partial charge in [-0.2, -0.15) is 0 Å². The summed E-state index contributed by atoms with van der Waals surface area (Å²) in [5, 5.41) is 11.2. The molecule has 0 saturated heterocycles. The van der Waals surface area contributed by atoms with E-state index in [0.717, 1.165) is 12.0 Å². The molecule has 4 heteroatoms. The lowest BCUT2D eigenvalue weighted by atomic mass is 9.89. The van der Waals surface area contributed by atoms with Gasteiger partial charge in [-0.05, 0) is 18.1 Å². The van der Waals surface area contributed by atoms with E-state index >= 15 is 0 Å². The van der Waals surface area contributed by atoms with Crippen LogP contribution >= 0.6 is 0 Å². The van der Waals surface area contributed by atoms with Crippen LogP contribution in [-0.4, -0.2) is 11.2 Å². The van der Waals surface area contributed by atoms with Gasteiger partial charge < -0.3 is 9.84 Å². The number of nitrogens with one attached hydrogen (secondary N) is 1. The van der Waals surface area contributed by atoms with Crippen LogP contribution in [-0.2, 0) is 4.74 Å². The van der Waals surface area contributed by atoms with E-state index in [2.05, 4.69) is 5.32 Å². The third kappa shape index (κ3) is 1.63. The average molecular weight is 207 g/mol. The number of ether oxygens (including phenoxy) is 1. The van der Waals surface area contributed by atoms with Crippen molar-refractivity contribution < 1.29 is 14.6 Å². The lowest BCUT2D eigenvalue weighted by molar-refractivity contribution is 0.194. The van der Waals surface area contributed by atoms with E-state index in [4.69, 9.17) is 9.84 Å². The molecule has 0 unspecified atom stereocenters. The van der Waals surface area contributed by atoms with Gasteiger partial charge in [-0.3, -0.25) is 5.32 Å². The van der Waals surface area contributed by atoms with Gasteiger partial charge in [0.1, 0.15) is 5.76 Å². The zero-order valence-electron chi connectivity index (χ0n) is 8.70. The Labute approximate surface area is 87.9 Å². The normalized spacial score (nSPS) is 21.9. The molecule has 0 radical (unpaired) electrons. The first kappa shape index (κ1) is 9.83. The largest absolute Gasteiger partial charge is 0.465 e. The van der Waals surface area contributed by atoms with Gasteiger partial charge >= 0.3 is 6.09 Å². The molecule has 1 aliphatic heterocycles. The fourth-order valence-electron chi connectivity index (χ4n) is 1.98. The summed E-state index contributed by atoms with van der Waals surface area (Å²) in [5.74, 6) is 0.657. The topological polar surface area (TPSA) is 58.6 Å². The highest BCUT2D eigenvalue weighted by molar-refractivity contribution is 5.68. The van der Waals surface area contributed by atoms with E-state index in [1.807, 2.05) is 26.0 Å². The van der Waals surface area contributed by atoms with E-state index in [1.165, 1.54) is 0 Å². The molecule has 0 fully saturated rings. The minimum absolute atomic E-state index is 0.217. The van der Waals surface area contributed by atoms with Crippen LogP contribution in [0.1, 0.15) is 20.3 Å². The third-order valence-corrected chi connectivity index (χ3v) is 2.62. The van der Waals surface area contributed by atoms with E-state index in [-0.39, 0.29) is 5.41 Å². The van der Waals surface area contributed by atoms with Gasteiger partial charge in [-0.25, -0.2) is 4.79 Å². The number of amides is 1. The van der Waals surface area contributed by atoms with Crippen LogP contribution in [0.15, 0.2) is 35.4 Å². The second-order valence-corrected chi connectivity index (χ2v) is 4.33. The second-order valence-electron chi connectivity index (χ2n) is 4.33. The molecule has 0 bridgehead atoms. The minimum Gasteiger partial charge on any atom is -0.465 e. The molecule has 2 rings (SSSR count). The quantitative estimate of drug-likeness (QED) is 0.694. The molecular formula is C11H13NO3. The summed E-state index contributed by atoms with van der Waals surface area (Å²) in [6, 6.07) is 0. The van der Waals surface area contributed by atoms with Gasteiger partial charge in [0, 0.05) is 5.41 Å². The summed E-state index contributed by atoms with van der Waals surface area (Å²) < 4.78 is 5.36. The molecule has 80 valence electrons. The van der Waals surface area contributed by atoms with Crippen LogP contribution < -0.4 is 5.32 Å². The SMILES string of the molecule is CC1(C)CC2=CC=COC2=C1NC(=O)O. The van der Waals surface area contributed by atoms with Crippen molar-refractivity contribution in [1.29, 1.82) is 0 Å². The Hall–Kier alpha value is -1.71. The van der Waals surface area contributed by atoms with E-state index < -0.39 is 6.09 Å². The Morgan fingerprint density at radius 2 is 2.33 bits per heavy atom. The molecular weight excluding hydrogens is 194 g/mol. The molecule has 2 N–H and O–H groups in total. The monoisotopic (exact) mass is 207 g/mol. The van der Waals surface area contributed by atoms with Gasteiger partial charge in [0.05, 0.1) is 12.0 Å². The third-order valence-electron chi connectivity index (χ3n) is 2.62. The van der Waals surface area contributed by atoms with Crippen molar-refractivity contribution in [3.05, 3.63) is 35.4 Å². The highest BCUT2D eigenvalue weighted by atomic mass is 16.5. The molecule has 1 amide bonds. The summed E-state index contributed by atoms with van der Waals surface area (Å²) in [4.78, 5) is 10.7. The smallest absolute Gasteiger partial charge is 0.409 e. The highest BCUT2D eigenvalue weighted by Gasteiger charge is 2.38. The Morgan fingerprint density at radius 1 is 1.60 bits per heavy atom. The first-order chi connectivity index (χ1) is 7.00. The highest BCUT2D eigenvalue weighted by Crippen LogP contribution is 2.45. The zero-order valence-corrected chi connectivity index (χ0v) is 8.70. The first-order valence-electron chi connectivity index (χ1n) is 4.78. The standard InChI is InChI=1S/C11H13NO3/c1-11(2)6-7-4-3-5-15-8(7)9(11)12-10(13)14/h3-5,12H,6H2,1-2H3,(H,13,14). The molecule has 4 nitrogen and oxygen atoms in total. The molecule has 15 heavy (non-hydrogen) atoms. The lowest BCUT2D eigenvalue weighted by Gasteiger charge is -2.20. The first-order valence-corrected chi connectivity index (χ1v) is 4.78. The van der Waals surface area contributed by atoms with Crippen molar-refractivity contribution in [1.82, 2.24) is 5.32 Å². The predicted octanol–water partition coefficient (Wildman–Crippen LogP) is 2.37. The number of carboxylic acid groups (broad SMARTS) is 1. The number of hydrogen-bond acceptors (Lipinski definition) is 2. The number of rotatable bonds is 1. The van der Waals surface area contributed by atoms with Crippen molar-refractivity contribution in [2.24, 2.45) is 5.41 Å². The van der Waals surface area contributed by atoms with Crippen LogP contribution in [0.3, 0.4) is 0 Å². The summed E-state index contributed by atoms with van der Waals surface area (Å²) in [7, 11) is 0. The van der Waals surface area contributed by atoms with Crippen molar-refractivity contribution >= 4 is 6.09 Å². The summed E-state index contributed by atoms with van der Waals surface area (Å²) in [6.07, 6.45) is 5.08. The van der Waals surface area contributed by atoms with Crippen LogP contribution in [0, 0.1) is 5.41 Å². The van der Waals surface area contributed by atoms with Crippen LogP contribution in [0.2, 0.25) is 0 Å². The number of hydrogen-bond donors (Lipinski definition) is 2. The summed E-state index contributed by atoms with van der Waals surface area (Å²) in [6.45, 7) is 3.99. The van der Waals surface area contributed by atoms with E-state index in [0.29, 0.717) is 11.5 Å².